The Kier molecular flexibility index (Phi) is 7.14. The third kappa shape index (κ3) is 5.39. The lowest BCUT2D eigenvalue weighted by atomic mass is 9.89. The predicted molar refractivity (Wildman–Crippen MR) is 76.1 cm³/mol. The van der Waals surface area contributed by atoms with Gasteiger partial charge in [-0.25, -0.2) is 0 Å². The second-order valence-corrected chi connectivity index (χ2v) is 6.08. The minimum atomic E-state index is 0.735. The van der Waals surface area contributed by atoms with Gasteiger partial charge < -0.3 is 10.6 Å². The lowest BCUT2D eigenvalue weighted by Crippen LogP contribution is -2.29. The molecule has 0 radical (unpaired) electrons. The van der Waals surface area contributed by atoms with Gasteiger partial charge in [-0.1, -0.05) is 27.2 Å². The van der Waals surface area contributed by atoms with Crippen LogP contribution in [0.15, 0.2) is 0 Å². The van der Waals surface area contributed by atoms with E-state index in [1.807, 2.05) is 0 Å². The summed E-state index contributed by atoms with van der Waals surface area (Å²) in [6.45, 7) is 11.8. The van der Waals surface area contributed by atoms with Crippen LogP contribution in [0.25, 0.3) is 0 Å². The summed E-state index contributed by atoms with van der Waals surface area (Å²) in [7, 11) is 0. The van der Waals surface area contributed by atoms with E-state index in [2.05, 4.69) is 25.7 Å². The fourth-order valence-corrected chi connectivity index (χ4v) is 2.93. The molecule has 2 atom stereocenters. The highest BCUT2D eigenvalue weighted by molar-refractivity contribution is 4.73. The second kappa shape index (κ2) is 8.10. The highest BCUT2D eigenvalue weighted by Crippen LogP contribution is 2.24. The first-order valence-corrected chi connectivity index (χ1v) is 7.59. The fraction of sp³-hybridized carbons (Fsp3) is 1.00. The van der Waals surface area contributed by atoms with Crippen molar-refractivity contribution in [3.8, 4) is 0 Å². The topological polar surface area (TPSA) is 29.3 Å². The van der Waals surface area contributed by atoms with Crippen LogP contribution in [0, 0.1) is 17.8 Å². The van der Waals surface area contributed by atoms with E-state index >= 15 is 0 Å². The zero-order chi connectivity index (χ0) is 12.7. The van der Waals surface area contributed by atoms with Gasteiger partial charge in [-0.15, -0.1) is 0 Å². The van der Waals surface area contributed by atoms with E-state index < -0.39 is 0 Å². The van der Waals surface area contributed by atoms with Crippen molar-refractivity contribution in [3.63, 3.8) is 0 Å². The summed E-state index contributed by atoms with van der Waals surface area (Å²) < 4.78 is 0. The van der Waals surface area contributed by atoms with E-state index in [1.54, 1.807) is 0 Å². The van der Waals surface area contributed by atoms with E-state index in [0.29, 0.717) is 0 Å². The lowest BCUT2D eigenvalue weighted by molar-refractivity contribution is 0.251. The number of nitrogens with zero attached hydrogens (tertiary/aromatic N) is 1. The van der Waals surface area contributed by atoms with Crippen molar-refractivity contribution in [2.24, 2.45) is 23.5 Å². The first kappa shape index (κ1) is 15.0. The number of nitrogens with two attached hydrogens (primary N) is 1. The van der Waals surface area contributed by atoms with E-state index in [-0.39, 0.29) is 0 Å². The molecule has 1 heterocycles. The number of hydrogen-bond acceptors (Lipinski definition) is 2. The molecule has 0 spiro atoms. The molecule has 0 aromatic carbocycles. The Morgan fingerprint density at radius 3 is 2.59 bits per heavy atom. The first-order valence-electron chi connectivity index (χ1n) is 7.59. The van der Waals surface area contributed by atoms with Crippen LogP contribution < -0.4 is 5.73 Å². The van der Waals surface area contributed by atoms with Gasteiger partial charge in [0.05, 0.1) is 0 Å². The Hall–Kier alpha value is -0.0800. The van der Waals surface area contributed by atoms with Gasteiger partial charge >= 0.3 is 0 Å². The van der Waals surface area contributed by atoms with Crippen LogP contribution in [-0.2, 0) is 0 Å². The van der Waals surface area contributed by atoms with Crippen LogP contribution in [0.2, 0.25) is 0 Å². The molecule has 0 saturated carbocycles. The van der Waals surface area contributed by atoms with Crippen LogP contribution in [0.3, 0.4) is 0 Å². The third-order valence-electron chi connectivity index (χ3n) is 4.57. The first-order chi connectivity index (χ1) is 8.17. The van der Waals surface area contributed by atoms with Crippen molar-refractivity contribution in [2.45, 2.75) is 52.9 Å². The molecular weight excluding hydrogens is 208 g/mol. The van der Waals surface area contributed by atoms with Crippen LogP contribution in [-0.4, -0.2) is 31.1 Å². The SMILES string of the molecule is CCC(CN)CCN1CCCC(C(C)C)CC1. The van der Waals surface area contributed by atoms with Crippen molar-refractivity contribution in [3.05, 3.63) is 0 Å². The Morgan fingerprint density at radius 2 is 2.00 bits per heavy atom. The van der Waals surface area contributed by atoms with E-state index in [4.69, 9.17) is 5.73 Å². The Morgan fingerprint density at radius 1 is 1.24 bits per heavy atom. The van der Waals surface area contributed by atoms with Gasteiger partial charge in [-0.2, -0.15) is 0 Å². The summed E-state index contributed by atoms with van der Waals surface area (Å²) in [5.74, 6) is 2.55. The van der Waals surface area contributed by atoms with Crippen molar-refractivity contribution in [2.75, 3.05) is 26.2 Å². The molecule has 1 aliphatic rings. The molecule has 0 aromatic heterocycles. The van der Waals surface area contributed by atoms with Gasteiger partial charge in [0.1, 0.15) is 0 Å². The molecule has 17 heavy (non-hydrogen) atoms. The Labute approximate surface area is 108 Å². The molecule has 0 aromatic rings. The van der Waals surface area contributed by atoms with E-state index in [0.717, 1.165) is 24.3 Å². The van der Waals surface area contributed by atoms with E-state index in [1.165, 1.54) is 51.7 Å². The normalized spacial score (nSPS) is 24.9. The van der Waals surface area contributed by atoms with Gasteiger partial charge in [0.2, 0.25) is 0 Å². The summed E-state index contributed by atoms with van der Waals surface area (Å²) >= 11 is 0. The number of likely N-dealkylation sites (tertiary alicyclic amines) is 1. The highest BCUT2D eigenvalue weighted by Gasteiger charge is 2.19. The Bertz CT molecular complexity index is 187. The standard InChI is InChI=1S/C15H32N2/c1-4-14(12-16)7-10-17-9-5-6-15(8-11-17)13(2)3/h13-15H,4-12,16H2,1-3H3. The van der Waals surface area contributed by atoms with Crippen LogP contribution in [0.5, 0.6) is 0 Å². The minimum absolute atomic E-state index is 0.735. The molecule has 0 bridgehead atoms. The van der Waals surface area contributed by atoms with Gasteiger partial charge in [0, 0.05) is 0 Å². The monoisotopic (exact) mass is 240 g/mol. The van der Waals surface area contributed by atoms with Crippen molar-refractivity contribution in [1.82, 2.24) is 4.90 Å². The smallest absolute Gasteiger partial charge is 0.00156 e. The van der Waals surface area contributed by atoms with Crippen molar-refractivity contribution in [1.29, 1.82) is 0 Å². The molecule has 2 heteroatoms. The summed E-state index contributed by atoms with van der Waals surface area (Å²) in [6, 6.07) is 0. The van der Waals surface area contributed by atoms with Crippen LogP contribution in [0.1, 0.15) is 52.9 Å². The molecular formula is C15H32N2. The van der Waals surface area contributed by atoms with Gasteiger partial charge in [-0.3, -0.25) is 0 Å². The summed E-state index contributed by atoms with van der Waals surface area (Å²) in [5.41, 5.74) is 5.77. The zero-order valence-corrected chi connectivity index (χ0v) is 12.1. The highest BCUT2D eigenvalue weighted by atomic mass is 15.1. The Balaban J connectivity index is 2.26. The third-order valence-corrected chi connectivity index (χ3v) is 4.57. The van der Waals surface area contributed by atoms with Crippen molar-refractivity contribution >= 4 is 0 Å². The molecule has 0 amide bonds. The number of hydrogen-bond donors (Lipinski definition) is 1. The van der Waals surface area contributed by atoms with E-state index in [9.17, 15) is 0 Å². The summed E-state index contributed by atoms with van der Waals surface area (Å²) in [5, 5.41) is 0. The molecule has 102 valence electrons. The molecule has 2 N–H and O–H groups in total. The van der Waals surface area contributed by atoms with Gasteiger partial charge in [0.15, 0.2) is 0 Å². The van der Waals surface area contributed by atoms with Gasteiger partial charge in [0.25, 0.3) is 0 Å². The quantitative estimate of drug-likeness (QED) is 0.773. The predicted octanol–water partition coefficient (Wildman–Crippen LogP) is 3.12. The van der Waals surface area contributed by atoms with Crippen LogP contribution >= 0.6 is 0 Å². The molecule has 2 nitrogen and oxygen atoms in total. The molecule has 1 saturated heterocycles. The maximum atomic E-state index is 5.77. The minimum Gasteiger partial charge on any atom is -0.330 e. The molecule has 0 aliphatic carbocycles. The summed E-state index contributed by atoms with van der Waals surface area (Å²) in [6.07, 6.45) is 6.75. The largest absolute Gasteiger partial charge is 0.330 e. The average Bonchev–Trinajstić information content (AvgIpc) is 2.56. The van der Waals surface area contributed by atoms with Gasteiger partial charge in [-0.05, 0) is 69.6 Å². The second-order valence-electron chi connectivity index (χ2n) is 6.08. The maximum Gasteiger partial charge on any atom is -0.00156 e. The summed E-state index contributed by atoms with van der Waals surface area (Å²) in [4.78, 5) is 2.67. The van der Waals surface area contributed by atoms with Crippen LogP contribution in [0.4, 0.5) is 0 Å². The molecule has 1 aliphatic heterocycles. The lowest BCUT2D eigenvalue weighted by Gasteiger charge is -2.23. The zero-order valence-electron chi connectivity index (χ0n) is 12.1. The molecule has 1 rings (SSSR count). The van der Waals surface area contributed by atoms with Crippen molar-refractivity contribution < 1.29 is 0 Å². The fourth-order valence-electron chi connectivity index (χ4n) is 2.93. The molecule has 1 fully saturated rings. The number of rotatable bonds is 6. The molecule has 2 unspecified atom stereocenters. The maximum absolute atomic E-state index is 5.77. The average molecular weight is 240 g/mol.